The van der Waals surface area contributed by atoms with Crippen LogP contribution in [0.2, 0.25) is 0 Å². The molecule has 0 amide bonds. The van der Waals surface area contributed by atoms with E-state index in [1.807, 2.05) is 53.1 Å². The number of thiazole rings is 1. The van der Waals surface area contributed by atoms with Gasteiger partial charge in [-0.1, -0.05) is 32.1 Å². The summed E-state index contributed by atoms with van der Waals surface area (Å²) >= 11 is 1.44. The van der Waals surface area contributed by atoms with Crippen molar-refractivity contribution in [2.45, 2.75) is 33.1 Å². The van der Waals surface area contributed by atoms with E-state index in [4.69, 9.17) is 0 Å². The van der Waals surface area contributed by atoms with Gasteiger partial charge in [0.2, 0.25) is 5.69 Å². The van der Waals surface area contributed by atoms with Crippen molar-refractivity contribution in [3.63, 3.8) is 0 Å². The third-order valence-electron chi connectivity index (χ3n) is 4.74. The fourth-order valence-electron chi connectivity index (χ4n) is 3.20. The van der Waals surface area contributed by atoms with Crippen molar-refractivity contribution in [3.05, 3.63) is 58.7 Å². The van der Waals surface area contributed by atoms with Gasteiger partial charge < -0.3 is 0 Å². The van der Waals surface area contributed by atoms with E-state index in [0.29, 0.717) is 16.7 Å². The highest BCUT2D eigenvalue weighted by molar-refractivity contribution is 7.12. The first kappa shape index (κ1) is 18.6. The first-order valence-electron chi connectivity index (χ1n) is 8.54. The van der Waals surface area contributed by atoms with Crippen molar-refractivity contribution in [1.29, 1.82) is 0 Å². The maximum Gasteiger partial charge on any atom is 0.272 e. The normalized spacial score (nSPS) is 11.8. The van der Waals surface area contributed by atoms with Crippen LogP contribution in [0.25, 0.3) is 21.8 Å². The summed E-state index contributed by atoms with van der Waals surface area (Å²) in [4.78, 5) is 0. The summed E-state index contributed by atoms with van der Waals surface area (Å²) in [6.07, 6.45) is 3.89. The Morgan fingerprint density at radius 2 is 1.62 bits per heavy atom. The van der Waals surface area contributed by atoms with E-state index in [0.717, 1.165) is 22.3 Å². The molecule has 0 spiro atoms. The fourth-order valence-corrected chi connectivity index (χ4v) is 4.17. The maximum atomic E-state index is 14.8. The van der Waals surface area contributed by atoms with Crippen LogP contribution in [0.1, 0.15) is 31.9 Å². The number of aromatic nitrogens is 2. The highest BCUT2D eigenvalue weighted by atomic mass is 32.1. The molecule has 0 aliphatic carbocycles. The number of rotatable bonds is 2. The summed E-state index contributed by atoms with van der Waals surface area (Å²) < 4.78 is 33.2. The molecule has 3 rings (SSSR count). The average molecular weight is 375 g/mol. The Kier molecular flexibility index (Phi) is 4.69. The molecule has 0 bridgehead atoms. The number of aryl methyl sites for hydroxylation is 2. The summed E-state index contributed by atoms with van der Waals surface area (Å²) in [5.41, 5.74) is 3.40. The molecule has 0 N–H and O–H groups in total. The Bertz CT molecular complexity index is 984. The Morgan fingerprint density at radius 3 is 2.15 bits per heavy atom. The van der Waals surface area contributed by atoms with Crippen molar-refractivity contribution in [1.82, 2.24) is 0 Å². The van der Waals surface area contributed by atoms with E-state index >= 15 is 0 Å². The van der Waals surface area contributed by atoms with Crippen LogP contribution >= 0.6 is 11.3 Å². The summed E-state index contributed by atoms with van der Waals surface area (Å²) in [5.74, 6) is -1.07. The Balaban J connectivity index is 2.25. The number of pyridine rings is 1. The molecule has 2 heterocycles. The molecule has 0 saturated carbocycles. The fraction of sp³-hybridized carbons (Fsp3) is 0.333. The van der Waals surface area contributed by atoms with E-state index < -0.39 is 11.6 Å². The molecule has 0 atom stereocenters. The van der Waals surface area contributed by atoms with Crippen LogP contribution in [0.3, 0.4) is 0 Å². The van der Waals surface area contributed by atoms with Crippen LogP contribution in [0.4, 0.5) is 8.78 Å². The summed E-state index contributed by atoms with van der Waals surface area (Å²) in [7, 11) is 3.77. The molecule has 2 nitrogen and oxygen atoms in total. The Labute approximate surface area is 157 Å². The van der Waals surface area contributed by atoms with Gasteiger partial charge in [0.25, 0.3) is 5.01 Å². The van der Waals surface area contributed by atoms with Gasteiger partial charge in [0.05, 0.1) is 16.5 Å². The van der Waals surface area contributed by atoms with Crippen molar-refractivity contribution in [2.24, 2.45) is 14.1 Å². The minimum Gasteiger partial charge on any atom is -0.206 e. The third kappa shape index (κ3) is 3.16. The molecule has 0 radical (unpaired) electrons. The zero-order valence-electron chi connectivity index (χ0n) is 16.0. The average Bonchev–Trinajstić information content (AvgIpc) is 2.93. The van der Waals surface area contributed by atoms with E-state index in [9.17, 15) is 8.78 Å². The number of nitrogens with zero attached hydrogens (tertiary/aromatic N) is 2. The van der Waals surface area contributed by atoms with Crippen LogP contribution in [-0.2, 0) is 19.5 Å². The van der Waals surface area contributed by atoms with Crippen molar-refractivity contribution in [2.75, 3.05) is 0 Å². The molecule has 2 aromatic heterocycles. The summed E-state index contributed by atoms with van der Waals surface area (Å²) in [6.45, 7) is 8.20. The van der Waals surface area contributed by atoms with Crippen molar-refractivity contribution < 1.29 is 17.9 Å². The van der Waals surface area contributed by atoms with Gasteiger partial charge in [0.1, 0.15) is 25.7 Å². The van der Waals surface area contributed by atoms with Gasteiger partial charge in [-0.25, -0.2) is 13.3 Å². The van der Waals surface area contributed by atoms with Crippen molar-refractivity contribution >= 4 is 11.3 Å². The molecule has 0 fully saturated rings. The molecule has 0 aliphatic heterocycles. The van der Waals surface area contributed by atoms with E-state index in [1.54, 1.807) is 6.92 Å². The van der Waals surface area contributed by atoms with Gasteiger partial charge in [0, 0.05) is 17.7 Å². The smallest absolute Gasteiger partial charge is 0.206 e. The molecule has 136 valence electrons. The van der Waals surface area contributed by atoms with E-state index in [-0.39, 0.29) is 5.41 Å². The Hall–Kier alpha value is -2.14. The molecule has 5 heteroatoms. The lowest BCUT2D eigenvalue weighted by Crippen LogP contribution is -2.33. The standard InChI is InChI=1S/C21H24F2N2S/c1-13-18(17-8-7-14(12-25(17)6)21(2,3)4)15(22)11-16(23)19(13)20-24(5)9-10-26-20/h7-12H,1-6H3/q+2. The predicted octanol–water partition coefficient (Wildman–Crippen LogP) is 4.62. The van der Waals surface area contributed by atoms with Crippen molar-refractivity contribution in [3.8, 4) is 21.8 Å². The molecular formula is C21H24F2N2S+2. The molecule has 0 unspecified atom stereocenters. The first-order chi connectivity index (χ1) is 12.1. The summed E-state index contributed by atoms with van der Waals surface area (Å²) in [6, 6.07) is 4.93. The third-order valence-corrected chi connectivity index (χ3v) is 5.71. The largest absolute Gasteiger partial charge is 0.272 e. The molecular weight excluding hydrogens is 350 g/mol. The predicted molar refractivity (Wildman–Crippen MR) is 101 cm³/mol. The van der Waals surface area contributed by atoms with Gasteiger partial charge in [-0.2, -0.15) is 4.57 Å². The quantitative estimate of drug-likeness (QED) is 0.579. The minimum absolute atomic E-state index is 0.00254. The molecule has 26 heavy (non-hydrogen) atoms. The number of benzene rings is 1. The molecule has 0 aliphatic rings. The zero-order valence-corrected chi connectivity index (χ0v) is 16.8. The number of hydrogen-bond acceptors (Lipinski definition) is 1. The second-order valence-electron chi connectivity index (χ2n) is 7.70. The lowest BCUT2D eigenvalue weighted by atomic mass is 9.87. The Morgan fingerprint density at radius 1 is 0.962 bits per heavy atom. The number of halogens is 2. The van der Waals surface area contributed by atoms with Crippen LogP contribution in [-0.4, -0.2) is 0 Å². The van der Waals surface area contributed by atoms with Gasteiger partial charge in [0.15, 0.2) is 12.4 Å². The van der Waals surface area contributed by atoms with Crippen LogP contribution < -0.4 is 9.13 Å². The van der Waals surface area contributed by atoms with E-state index in [1.165, 1.54) is 11.3 Å². The maximum absolute atomic E-state index is 14.8. The second kappa shape index (κ2) is 6.54. The lowest BCUT2D eigenvalue weighted by molar-refractivity contribution is -0.661. The van der Waals surface area contributed by atoms with Crippen LogP contribution in [0.5, 0.6) is 0 Å². The molecule has 3 aromatic rings. The van der Waals surface area contributed by atoms with Gasteiger partial charge in [-0.15, -0.1) is 0 Å². The van der Waals surface area contributed by atoms with Gasteiger partial charge >= 0.3 is 0 Å². The topological polar surface area (TPSA) is 7.76 Å². The van der Waals surface area contributed by atoms with E-state index in [2.05, 4.69) is 20.8 Å². The first-order valence-corrected chi connectivity index (χ1v) is 9.42. The lowest BCUT2D eigenvalue weighted by Gasteiger charge is -2.18. The zero-order chi connectivity index (χ0) is 19.2. The van der Waals surface area contributed by atoms with Gasteiger partial charge in [-0.05, 0) is 24.0 Å². The van der Waals surface area contributed by atoms with Gasteiger partial charge in [-0.3, -0.25) is 0 Å². The second-order valence-corrected chi connectivity index (χ2v) is 8.59. The monoisotopic (exact) mass is 374 g/mol. The van der Waals surface area contributed by atoms with Crippen LogP contribution in [0, 0.1) is 18.6 Å². The van der Waals surface area contributed by atoms with Crippen LogP contribution in [0.15, 0.2) is 36.0 Å². The SMILES string of the molecule is Cc1c(-c2ccc(C(C)(C)C)c[n+]2C)c(F)cc(F)c1-c1scc[n+]1C. The number of hydrogen-bond donors (Lipinski definition) is 0. The highest BCUT2D eigenvalue weighted by Crippen LogP contribution is 2.35. The summed E-state index contributed by atoms with van der Waals surface area (Å²) in [5, 5.41) is 2.67. The highest BCUT2D eigenvalue weighted by Gasteiger charge is 2.28. The molecule has 1 aromatic carbocycles. The minimum atomic E-state index is -0.540. The molecule has 0 saturated heterocycles.